The fourth-order valence-corrected chi connectivity index (χ4v) is 2.20. The van der Waals surface area contributed by atoms with Crippen LogP contribution in [0.2, 0.25) is 5.02 Å². The smallest absolute Gasteiger partial charge is 0.332 e. The van der Waals surface area contributed by atoms with E-state index in [9.17, 15) is 9.59 Å². The number of hydrogen-bond donors (Lipinski definition) is 0. The molecule has 0 saturated heterocycles. The maximum absolute atomic E-state index is 12.2. The van der Waals surface area contributed by atoms with Crippen LogP contribution in [-0.2, 0) is 14.1 Å². The van der Waals surface area contributed by atoms with Crippen molar-refractivity contribution in [2.75, 3.05) is 0 Å². The maximum atomic E-state index is 12.2. The number of rotatable bonds is 1. The van der Waals surface area contributed by atoms with Crippen LogP contribution in [0.3, 0.4) is 0 Å². The summed E-state index contributed by atoms with van der Waals surface area (Å²) in [5.41, 5.74) is 0.0171. The van der Waals surface area contributed by atoms with E-state index in [1.54, 1.807) is 24.3 Å². The summed E-state index contributed by atoms with van der Waals surface area (Å²) in [4.78, 5) is 24.1. The first-order chi connectivity index (χ1) is 9.50. The van der Waals surface area contributed by atoms with Gasteiger partial charge in [-0.25, -0.2) is 4.79 Å². The van der Waals surface area contributed by atoms with Gasteiger partial charge in [-0.15, -0.1) is 0 Å². The lowest BCUT2D eigenvalue weighted by molar-refractivity contribution is 0.436. The highest BCUT2D eigenvalue weighted by atomic mass is 35.5. The molecule has 6 nitrogen and oxygen atoms in total. The number of benzene rings is 1. The number of aryl methyl sites for hydroxylation is 1. The molecule has 0 aliphatic carbocycles. The van der Waals surface area contributed by atoms with Gasteiger partial charge in [-0.1, -0.05) is 16.8 Å². The molecule has 0 fully saturated rings. The molecule has 2 aromatic heterocycles. The highest BCUT2D eigenvalue weighted by Crippen LogP contribution is 2.26. The van der Waals surface area contributed by atoms with E-state index in [4.69, 9.17) is 16.1 Å². The molecule has 3 aromatic rings. The first kappa shape index (κ1) is 12.7. The molecule has 7 heteroatoms. The number of nitrogens with zero attached hydrogens (tertiary/aromatic N) is 3. The van der Waals surface area contributed by atoms with Gasteiger partial charge in [0, 0.05) is 24.7 Å². The van der Waals surface area contributed by atoms with E-state index in [0.29, 0.717) is 16.3 Å². The third kappa shape index (κ3) is 1.69. The summed E-state index contributed by atoms with van der Waals surface area (Å²) < 4.78 is 7.55. The minimum absolute atomic E-state index is 0.225. The highest BCUT2D eigenvalue weighted by Gasteiger charge is 2.19. The normalized spacial score (nSPS) is 11.2. The molecule has 20 heavy (non-hydrogen) atoms. The highest BCUT2D eigenvalue weighted by molar-refractivity contribution is 6.30. The van der Waals surface area contributed by atoms with E-state index in [1.165, 1.54) is 18.7 Å². The summed E-state index contributed by atoms with van der Waals surface area (Å²) in [5, 5.41) is 4.68. The molecular formula is C13H10ClN3O3. The van der Waals surface area contributed by atoms with Crippen LogP contribution < -0.4 is 11.2 Å². The minimum atomic E-state index is -0.446. The predicted octanol–water partition coefficient (Wildman–Crippen LogP) is 1.55. The first-order valence-electron chi connectivity index (χ1n) is 5.82. The molecular weight excluding hydrogens is 282 g/mol. The summed E-state index contributed by atoms with van der Waals surface area (Å²) >= 11 is 5.84. The molecule has 0 radical (unpaired) electrons. The molecule has 0 spiro atoms. The lowest BCUT2D eigenvalue weighted by Crippen LogP contribution is -2.36. The second kappa shape index (κ2) is 4.35. The van der Waals surface area contributed by atoms with Crippen LogP contribution in [0.5, 0.6) is 0 Å². The van der Waals surface area contributed by atoms with Gasteiger partial charge in [0.15, 0.2) is 11.4 Å². The van der Waals surface area contributed by atoms with E-state index in [1.807, 2.05) is 0 Å². The average Bonchev–Trinajstić information content (AvgIpc) is 2.88. The third-order valence-corrected chi connectivity index (χ3v) is 3.44. The third-order valence-electron chi connectivity index (χ3n) is 3.19. The van der Waals surface area contributed by atoms with Gasteiger partial charge in [0.05, 0.1) is 0 Å². The topological polar surface area (TPSA) is 70.0 Å². The van der Waals surface area contributed by atoms with Crippen LogP contribution in [0, 0.1) is 0 Å². The monoisotopic (exact) mass is 291 g/mol. The van der Waals surface area contributed by atoms with Gasteiger partial charge in [0.2, 0.25) is 0 Å². The molecule has 0 amide bonds. The lowest BCUT2D eigenvalue weighted by atomic mass is 10.1. The van der Waals surface area contributed by atoms with E-state index >= 15 is 0 Å². The Hall–Kier alpha value is -2.34. The van der Waals surface area contributed by atoms with Gasteiger partial charge in [0.1, 0.15) is 5.39 Å². The molecule has 0 N–H and O–H groups in total. The van der Waals surface area contributed by atoms with Crippen molar-refractivity contribution < 1.29 is 4.52 Å². The van der Waals surface area contributed by atoms with Crippen LogP contribution in [0.25, 0.3) is 22.4 Å². The van der Waals surface area contributed by atoms with Crippen molar-refractivity contribution in [2.45, 2.75) is 0 Å². The molecule has 1 aromatic carbocycles. The molecule has 2 heterocycles. The Morgan fingerprint density at radius 2 is 1.75 bits per heavy atom. The van der Waals surface area contributed by atoms with Crippen molar-refractivity contribution in [3.05, 3.63) is 50.1 Å². The van der Waals surface area contributed by atoms with Crippen molar-refractivity contribution >= 4 is 22.6 Å². The molecule has 3 rings (SSSR count). The van der Waals surface area contributed by atoms with Crippen LogP contribution in [-0.4, -0.2) is 14.3 Å². The van der Waals surface area contributed by atoms with Crippen LogP contribution >= 0.6 is 11.6 Å². The summed E-state index contributed by atoms with van der Waals surface area (Å²) in [6, 6.07) is 6.84. The Labute approximate surface area is 117 Å². The van der Waals surface area contributed by atoms with E-state index in [2.05, 4.69) is 5.16 Å². The van der Waals surface area contributed by atoms with E-state index in [-0.39, 0.29) is 11.0 Å². The largest absolute Gasteiger partial charge is 0.353 e. The summed E-state index contributed by atoms with van der Waals surface area (Å²) in [6.45, 7) is 0. The van der Waals surface area contributed by atoms with Gasteiger partial charge in [-0.2, -0.15) is 0 Å². The molecule has 0 aliphatic rings. The second-order valence-corrected chi connectivity index (χ2v) is 4.86. The Balaban J connectivity index is 2.43. The Kier molecular flexibility index (Phi) is 2.76. The average molecular weight is 292 g/mol. The van der Waals surface area contributed by atoms with Gasteiger partial charge in [-0.05, 0) is 24.3 Å². The second-order valence-electron chi connectivity index (χ2n) is 4.42. The lowest BCUT2D eigenvalue weighted by Gasteiger charge is -2.02. The van der Waals surface area contributed by atoms with Crippen LogP contribution in [0.1, 0.15) is 0 Å². The van der Waals surface area contributed by atoms with Gasteiger partial charge in [-0.3, -0.25) is 13.9 Å². The number of fused-ring (bicyclic) bond motifs is 1. The number of aromatic nitrogens is 3. The number of halogens is 1. The Morgan fingerprint density at radius 1 is 1.10 bits per heavy atom. The number of hydrogen-bond acceptors (Lipinski definition) is 4. The Bertz CT molecular complexity index is 919. The zero-order valence-corrected chi connectivity index (χ0v) is 11.5. The molecule has 0 unspecified atom stereocenters. The van der Waals surface area contributed by atoms with Gasteiger partial charge >= 0.3 is 5.69 Å². The maximum Gasteiger partial charge on any atom is 0.332 e. The summed E-state index contributed by atoms with van der Waals surface area (Å²) in [7, 11) is 2.96. The van der Waals surface area contributed by atoms with Crippen molar-refractivity contribution in [2.24, 2.45) is 14.1 Å². The quantitative estimate of drug-likeness (QED) is 0.682. The fraction of sp³-hybridized carbons (Fsp3) is 0.154. The molecule has 0 aliphatic heterocycles. The standard InChI is InChI=1S/C13H10ClN3O3/c1-16-11-9(12(18)17(2)13(16)19)10(20-15-11)7-3-5-8(14)6-4-7/h3-6H,1-2H3. The van der Waals surface area contributed by atoms with Crippen molar-refractivity contribution in [3.8, 4) is 11.3 Å². The molecule has 0 bridgehead atoms. The molecule has 102 valence electrons. The zero-order chi connectivity index (χ0) is 14.4. The van der Waals surface area contributed by atoms with Crippen molar-refractivity contribution in [3.63, 3.8) is 0 Å². The van der Waals surface area contributed by atoms with E-state index < -0.39 is 11.2 Å². The van der Waals surface area contributed by atoms with Gasteiger partial charge < -0.3 is 4.52 Å². The SMILES string of the molecule is Cn1c(=O)c2c(-c3ccc(Cl)cc3)onc2n(C)c1=O. The van der Waals surface area contributed by atoms with E-state index in [0.717, 1.165) is 4.57 Å². The van der Waals surface area contributed by atoms with Crippen molar-refractivity contribution in [1.82, 2.24) is 14.3 Å². The molecule has 0 atom stereocenters. The zero-order valence-electron chi connectivity index (χ0n) is 10.8. The van der Waals surface area contributed by atoms with Crippen LogP contribution in [0.4, 0.5) is 0 Å². The Morgan fingerprint density at radius 3 is 2.40 bits per heavy atom. The van der Waals surface area contributed by atoms with Crippen LogP contribution in [0.15, 0.2) is 38.4 Å². The summed E-state index contributed by atoms with van der Waals surface area (Å²) in [5.74, 6) is 0.327. The summed E-state index contributed by atoms with van der Waals surface area (Å²) in [6.07, 6.45) is 0. The molecule has 0 saturated carbocycles. The fourth-order valence-electron chi connectivity index (χ4n) is 2.07. The minimum Gasteiger partial charge on any atom is -0.353 e. The first-order valence-corrected chi connectivity index (χ1v) is 6.20. The predicted molar refractivity (Wildman–Crippen MR) is 74.9 cm³/mol. The van der Waals surface area contributed by atoms with Gasteiger partial charge in [0.25, 0.3) is 5.56 Å². The van der Waals surface area contributed by atoms with Crippen molar-refractivity contribution in [1.29, 1.82) is 0 Å².